The third-order valence-corrected chi connectivity index (χ3v) is 5.10. The molecule has 2 fully saturated rings. The van der Waals surface area contributed by atoms with E-state index in [1.807, 2.05) is 14.0 Å². The number of hydrogen-bond acceptors (Lipinski definition) is 5. The highest BCUT2D eigenvalue weighted by molar-refractivity contribution is 14.0. The summed E-state index contributed by atoms with van der Waals surface area (Å²) in [5, 5.41) is 3.47. The molecule has 0 radical (unpaired) electrons. The molecule has 2 saturated heterocycles. The number of nitrogens with zero attached hydrogens (tertiary/aromatic N) is 5. The number of amides is 1. The van der Waals surface area contributed by atoms with Crippen LogP contribution in [0, 0.1) is 0 Å². The van der Waals surface area contributed by atoms with Crippen LogP contribution in [-0.4, -0.2) is 118 Å². The van der Waals surface area contributed by atoms with E-state index in [0.29, 0.717) is 19.7 Å². The van der Waals surface area contributed by atoms with Crippen LogP contribution in [0.3, 0.4) is 0 Å². The second-order valence-corrected chi connectivity index (χ2v) is 7.00. The monoisotopic (exact) mass is 496 g/mol. The van der Waals surface area contributed by atoms with Crippen molar-refractivity contribution in [2.45, 2.75) is 19.8 Å². The van der Waals surface area contributed by atoms with E-state index >= 15 is 0 Å². The SMILES string of the molecule is CCOC(=O)N1CCN(C(=NC)NCCCCN2CCN(C)CC2)CC1.I. The maximum Gasteiger partial charge on any atom is 0.409 e. The summed E-state index contributed by atoms with van der Waals surface area (Å²) >= 11 is 0. The maximum atomic E-state index is 11.8. The second-order valence-electron chi connectivity index (χ2n) is 7.00. The summed E-state index contributed by atoms with van der Waals surface area (Å²) < 4.78 is 5.07. The van der Waals surface area contributed by atoms with Gasteiger partial charge in [0.25, 0.3) is 0 Å². The van der Waals surface area contributed by atoms with Gasteiger partial charge in [0.1, 0.15) is 0 Å². The number of rotatable bonds is 6. The largest absolute Gasteiger partial charge is 0.450 e. The number of piperazine rings is 2. The van der Waals surface area contributed by atoms with Crippen molar-refractivity contribution in [1.82, 2.24) is 24.9 Å². The summed E-state index contributed by atoms with van der Waals surface area (Å²) in [4.78, 5) is 25.1. The molecule has 0 atom stereocenters. The molecule has 0 aliphatic carbocycles. The van der Waals surface area contributed by atoms with Crippen LogP contribution in [0.15, 0.2) is 4.99 Å². The van der Waals surface area contributed by atoms with Crippen LogP contribution in [0.25, 0.3) is 0 Å². The zero-order chi connectivity index (χ0) is 18.8. The number of unbranched alkanes of at least 4 members (excludes halogenated alkanes) is 1. The molecule has 0 spiro atoms. The van der Waals surface area contributed by atoms with Crippen molar-refractivity contribution in [1.29, 1.82) is 0 Å². The average molecular weight is 496 g/mol. The molecule has 1 N–H and O–H groups in total. The minimum absolute atomic E-state index is 0. The van der Waals surface area contributed by atoms with Gasteiger partial charge in [0.05, 0.1) is 6.61 Å². The molecule has 1 amide bonds. The molecule has 8 nitrogen and oxygen atoms in total. The van der Waals surface area contributed by atoms with E-state index in [4.69, 9.17) is 4.74 Å². The Bertz CT molecular complexity index is 449. The predicted octanol–water partition coefficient (Wildman–Crippen LogP) is 0.982. The van der Waals surface area contributed by atoms with E-state index in [1.54, 1.807) is 4.90 Å². The molecule has 2 rings (SSSR count). The molecule has 0 aromatic heterocycles. The van der Waals surface area contributed by atoms with Crippen LogP contribution in [0.1, 0.15) is 19.8 Å². The topological polar surface area (TPSA) is 63.7 Å². The minimum atomic E-state index is -0.209. The van der Waals surface area contributed by atoms with Crippen molar-refractivity contribution in [2.75, 3.05) is 86.1 Å². The number of ether oxygens (including phenoxy) is 1. The quantitative estimate of drug-likeness (QED) is 0.256. The molecule has 0 bridgehead atoms. The zero-order valence-corrected chi connectivity index (χ0v) is 19.5. The highest BCUT2D eigenvalue weighted by Gasteiger charge is 2.23. The molecule has 2 aliphatic heterocycles. The minimum Gasteiger partial charge on any atom is -0.450 e. The van der Waals surface area contributed by atoms with Gasteiger partial charge in [0, 0.05) is 66.0 Å². The van der Waals surface area contributed by atoms with E-state index in [-0.39, 0.29) is 30.1 Å². The number of likely N-dealkylation sites (N-methyl/N-ethyl adjacent to an activating group) is 1. The van der Waals surface area contributed by atoms with Crippen LogP contribution >= 0.6 is 24.0 Å². The molecule has 0 unspecified atom stereocenters. The highest BCUT2D eigenvalue weighted by atomic mass is 127. The normalized spacial score (nSPS) is 19.6. The van der Waals surface area contributed by atoms with Crippen molar-refractivity contribution in [3.05, 3.63) is 0 Å². The van der Waals surface area contributed by atoms with Gasteiger partial charge in [-0.2, -0.15) is 0 Å². The lowest BCUT2D eigenvalue weighted by Crippen LogP contribution is -2.54. The first kappa shape index (κ1) is 24.2. The maximum absolute atomic E-state index is 11.8. The van der Waals surface area contributed by atoms with Gasteiger partial charge in [-0.3, -0.25) is 4.99 Å². The summed E-state index contributed by atoms with van der Waals surface area (Å²) in [7, 11) is 4.02. The Morgan fingerprint density at radius 2 is 1.63 bits per heavy atom. The van der Waals surface area contributed by atoms with Crippen LogP contribution in [0.2, 0.25) is 0 Å². The average Bonchev–Trinajstić information content (AvgIpc) is 2.66. The number of hydrogen-bond donors (Lipinski definition) is 1. The van der Waals surface area contributed by atoms with E-state index in [2.05, 4.69) is 32.1 Å². The van der Waals surface area contributed by atoms with Gasteiger partial charge in [0.2, 0.25) is 0 Å². The van der Waals surface area contributed by atoms with Crippen LogP contribution < -0.4 is 5.32 Å². The smallest absolute Gasteiger partial charge is 0.409 e. The number of halogens is 1. The van der Waals surface area contributed by atoms with Gasteiger partial charge >= 0.3 is 6.09 Å². The van der Waals surface area contributed by atoms with Crippen molar-refractivity contribution in [3.63, 3.8) is 0 Å². The Labute approximate surface area is 181 Å². The fourth-order valence-corrected chi connectivity index (χ4v) is 3.38. The molecule has 0 aromatic carbocycles. The first-order valence-corrected chi connectivity index (χ1v) is 9.92. The first-order valence-electron chi connectivity index (χ1n) is 9.92. The molecule has 27 heavy (non-hydrogen) atoms. The Hall–Kier alpha value is -0.810. The molecule has 0 saturated carbocycles. The Kier molecular flexibility index (Phi) is 12.0. The van der Waals surface area contributed by atoms with Gasteiger partial charge in [-0.1, -0.05) is 0 Å². The fraction of sp³-hybridized carbons (Fsp3) is 0.889. The van der Waals surface area contributed by atoms with Crippen molar-refractivity contribution in [3.8, 4) is 0 Å². The lowest BCUT2D eigenvalue weighted by molar-refractivity contribution is 0.0914. The summed E-state index contributed by atoms with van der Waals surface area (Å²) in [5.74, 6) is 0.938. The molecular formula is C18H37IN6O2. The molecule has 0 aromatic rings. The highest BCUT2D eigenvalue weighted by Crippen LogP contribution is 2.05. The van der Waals surface area contributed by atoms with Crippen LogP contribution in [0.5, 0.6) is 0 Å². The number of guanidine groups is 1. The third-order valence-electron chi connectivity index (χ3n) is 5.10. The molecule has 2 aliphatic rings. The third kappa shape index (κ3) is 8.39. The van der Waals surface area contributed by atoms with Crippen molar-refractivity contribution >= 4 is 36.0 Å². The summed E-state index contributed by atoms with van der Waals surface area (Å²) in [6, 6.07) is 0. The number of aliphatic imine (C=N–C) groups is 1. The van der Waals surface area contributed by atoms with Gasteiger partial charge < -0.3 is 29.7 Å². The van der Waals surface area contributed by atoms with Gasteiger partial charge in [-0.05, 0) is 33.4 Å². The lowest BCUT2D eigenvalue weighted by Gasteiger charge is -2.36. The predicted molar refractivity (Wildman–Crippen MR) is 120 cm³/mol. The van der Waals surface area contributed by atoms with Crippen LogP contribution in [0.4, 0.5) is 4.79 Å². The van der Waals surface area contributed by atoms with Crippen molar-refractivity contribution in [2.24, 2.45) is 4.99 Å². The molecule has 2 heterocycles. The summed E-state index contributed by atoms with van der Waals surface area (Å²) in [6.45, 7) is 12.1. The first-order chi connectivity index (χ1) is 12.6. The number of carbonyl (C=O) groups is 1. The molecule has 9 heteroatoms. The van der Waals surface area contributed by atoms with E-state index in [1.165, 1.54) is 39.1 Å². The molecular weight excluding hydrogens is 459 g/mol. The van der Waals surface area contributed by atoms with Crippen molar-refractivity contribution < 1.29 is 9.53 Å². The Morgan fingerprint density at radius 1 is 1.00 bits per heavy atom. The van der Waals surface area contributed by atoms with E-state index < -0.39 is 0 Å². The Morgan fingerprint density at radius 3 is 2.22 bits per heavy atom. The molecule has 158 valence electrons. The summed E-state index contributed by atoms with van der Waals surface area (Å²) in [5.41, 5.74) is 0. The lowest BCUT2D eigenvalue weighted by atomic mass is 10.2. The standard InChI is InChI=1S/C18H36N6O2.HI/c1-4-26-18(25)24-15-13-23(14-16-24)17(19-2)20-7-5-6-8-22-11-9-21(3)10-12-22;/h4-16H2,1-3H3,(H,19,20);1H. The summed E-state index contributed by atoms with van der Waals surface area (Å²) in [6.07, 6.45) is 2.15. The van der Waals surface area contributed by atoms with Gasteiger partial charge in [-0.25, -0.2) is 4.79 Å². The van der Waals surface area contributed by atoms with Gasteiger partial charge in [0.15, 0.2) is 5.96 Å². The van der Waals surface area contributed by atoms with Gasteiger partial charge in [-0.15, -0.1) is 24.0 Å². The van der Waals surface area contributed by atoms with Crippen LogP contribution in [-0.2, 0) is 4.74 Å². The second kappa shape index (κ2) is 13.4. The number of nitrogens with one attached hydrogen (secondary N) is 1. The Balaban J connectivity index is 0.00000364. The van der Waals surface area contributed by atoms with E-state index in [0.717, 1.165) is 32.0 Å². The number of carbonyl (C=O) groups excluding carboxylic acids is 1. The zero-order valence-electron chi connectivity index (χ0n) is 17.2. The van der Waals surface area contributed by atoms with E-state index in [9.17, 15) is 4.79 Å². The fourth-order valence-electron chi connectivity index (χ4n) is 3.38.